The van der Waals surface area contributed by atoms with Crippen LogP contribution in [0, 0.1) is 0 Å². The number of thiocarbonyl (C=S) groups is 1. The molecule has 31 heavy (non-hydrogen) atoms. The van der Waals surface area contributed by atoms with Crippen molar-refractivity contribution >= 4 is 62.0 Å². The van der Waals surface area contributed by atoms with E-state index in [4.69, 9.17) is 16.4 Å². The summed E-state index contributed by atoms with van der Waals surface area (Å²) in [7, 11) is -4.04. The number of hydrogen-bond donors (Lipinski definition) is 1. The molecule has 1 aliphatic rings. The van der Waals surface area contributed by atoms with Gasteiger partial charge in [0.05, 0.1) is 4.91 Å². The third-order valence-electron chi connectivity index (χ3n) is 4.03. The SMILES string of the molecule is C=CCN1C(=O)/C(=C/c2ccc(OS(=O)(=O)c3ccc(NC(C)=O)cc3)cc2)SC1=S. The Morgan fingerprint density at radius 2 is 1.84 bits per heavy atom. The van der Waals surface area contributed by atoms with Gasteiger partial charge in [-0.25, -0.2) is 0 Å². The van der Waals surface area contributed by atoms with Gasteiger partial charge in [0.1, 0.15) is 15.0 Å². The first-order valence-electron chi connectivity index (χ1n) is 8.98. The fourth-order valence-electron chi connectivity index (χ4n) is 2.64. The zero-order valence-electron chi connectivity index (χ0n) is 16.4. The molecule has 0 aliphatic carbocycles. The molecule has 1 fully saturated rings. The monoisotopic (exact) mass is 474 g/mol. The van der Waals surface area contributed by atoms with Crippen molar-refractivity contribution in [1.29, 1.82) is 0 Å². The summed E-state index contributed by atoms with van der Waals surface area (Å²) < 4.78 is 30.6. The molecular formula is C21H18N2O5S3. The average Bonchev–Trinajstić information content (AvgIpc) is 2.97. The maximum Gasteiger partial charge on any atom is 0.339 e. The van der Waals surface area contributed by atoms with Gasteiger partial charge >= 0.3 is 10.1 Å². The van der Waals surface area contributed by atoms with Crippen molar-refractivity contribution in [2.75, 3.05) is 11.9 Å². The predicted octanol–water partition coefficient (Wildman–Crippen LogP) is 3.80. The van der Waals surface area contributed by atoms with Crippen LogP contribution < -0.4 is 9.50 Å². The minimum Gasteiger partial charge on any atom is -0.379 e. The highest BCUT2D eigenvalue weighted by Gasteiger charge is 2.30. The van der Waals surface area contributed by atoms with Gasteiger partial charge in [-0.15, -0.1) is 6.58 Å². The van der Waals surface area contributed by atoms with Crippen molar-refractivity contribution in [2.24, 2.45) is 0 Å². The van der Waals surface area contributed by atoms with E-state index in [1.807, 2.05) is 0 Å². The molecule has 2 aromatic rings. The Labute approximate surface area is 189 Å². The first-order chi connectivity index (χ1) is 14.7. The van der Waals surface area contributed by atoms with Crippen LogP contribution in [-0.2, 0) is 19.7 Å². The Balaban J connectivity index is 1.72. The zero-order valence-corrected chi connectivity index (χ0v) is 18.9. The van der Waals surface area contributed by atoms with Crippen LogP contribution in [0.4, 0.5) is 5.69 Å². The molecule has 0 atom stereocenters. The molecular weight excluding hydrogens is 456 g/mol. The molecule has 0 aromatic heterocycles. The lowest BCUT2D eigenvalue weighted by molar-refractivity contribution is -0.121. The average molecular weight is 475 g/mol. The lowest BCUT2D eigenvalue weighted by Gasteiger charge is -2.10. The van der Waals surface area contributed by atoms with E-state index in [0.717, 1.165) is 0 Å². The van der Waals surface area contributed by atoms with Gasteiger partial charge in [-0.05, 0) is 48.0 Å². The third-order valence-corrected chi connectivity index (χ3v) is 6.67. The van der Waals surface area contributed by atoms with Gasteiger partial charge in [-0.2, -0.15) is 8.42 Å². The van der Waals surface area contributed by atoms with Crippen molar-refractivity contribution in [2.45, 2.75) is 11.8 Å². The largest absolute Gasteiger partial charge is 0.379 e. The number of amides is 2. The minimum absolute atomic E-state index is 0.0448. The van der Waals surface area contributed by atoms with Crippen LogP contribution in [0.1, 0.15) is 12.5 Å². The fraction of sp³-hybridized carbons (Fsp3) is 0.0952. The molecule has 10 heteroatoms. The van der Waals surface area contributed by atoms with E-state index in [1.54, 1.807) is 24.3 Å². The highest BCUT2D eigenvalue weighted by atomic mass is 32.2. The van der Waals surface area contributed by atoms with E-state index in [9.17, 15) is 18.0 Å². The van der Waals surface area contributed by atoms with Gasteiger partial charge in [-0.3, -0.25) is 14.5 Å². The number of nitrogens with one attached hydrogen (secondary N) is 1. The molecule has 0 bridgehead atoms. The fourth-order valence-corrected chi connectivity index (χ4v) is 4.85. The molecule has 0 unspecified atom stereocenters. The van der Waals surface area contributed by atoms with E-state index in [1.165, 1.54) is 60.0 Å². The van der Waals surface area contributed by atoms with Crippen LogP contribution in [0.5, 0.6) is 5.75 Å². The summed E-state index contributed by atoms with van der Waals surface area (Å²) in [6.07, 6.45) is 3.29. The summed E-state index contributed by atoms with van der Waals surface area (Å²) in [6.45, 7) is 5.32. The minimum atomic E-state index is -4.04. The van der Waals surface area contributed by atoms with E-state index in [2.05, 4.69) is 11.9 Å². The molecule has 1 heterocycles. The Hall–Kier alpha value is -2.95. The van der Waals surface area contributed by atoms with E-state index >= 15 is 0 Å². The maximum absolute atomic E-state index is 12.5. The zero-order chi connectivity index (χ0) is 22.6. The molecule has 0 radical (unpaired) electrons. The molecule has 7 nitrogen and oxygen atoms in total. The van der Waals surface area contributed by atoms with Crippen LogP contribution in [0.15, 0.2) is 71.0 Å². The smallest absolute Gasteiger partial charge is 0.339 e. The lowest BCUT2D eigenvalue weighted by Crippen LogP contribution is -2.27. The normalized spacial score (nSPS) is 15.3. The number of carbonyl (C=O) groups excluding carboxylic acids is 2. The molecule has 1 aliphatic heterocycles. The summed E-state index contributed by atoms with van der Waals surface area (Å²) in [5.74, 6) is -0.322. The van der Waals surface area contributed by atoms with Gasteiger partial charge in [0.2, 0.25) is 5.91 Å². The quantitative estimate of drug-likeness (QED) is 0.282. The Morgan fingerprint density at radius 1 is 1.19 bits per heavy atom. The van der Waals surface area contributed by atoms with Gasteiger partial charge in [0.15, 0.2) is 0 Å². The van der Waals surface area contributed by atoms with Gasteiger partial charge < -0.3 is 9.50 Å². The molecule has 1 N–H and O–H groups in total. The number of anilines is 1. The summed E-state index contributed by atoms with van der Waals surface area (Å²) >= 11 is 6.40. The Morgan fingerprint density at radius 3 is 2.42 bits per heavy atom. The maximum atomic E-state index is 12.5. The number of rotatable bonds is 7. The van der Waals surface area contributed by atoms with E-state index in [-0.39, 0.29) is 22.5 Å². The standard InChI is InChI=1S/C21H18N2O5S3/c1-3-12-23-20(25)19(30-21(23)29)13-15-4-8-17(9-5-15)28-31(26,27)18-10-6-16(7-11-18)22-14(2)24/h3-11,13H,1,12H2,2H3,(H,22,24)/b19-13-. The second-order valence-electron chi connectivity index (χ2n) is 6.39. The highest BCUT2D eigenvalue weighted by molar-refractivity contribution is 8.26. The summed E-state index contributed by atoms with van der Waals surface area (Å²) in [5.41, 5.74) is 1.18. The summed E-state index contributed by atoms with van der Waals surface area (Å²) in [5, 5.41) is 2.56. The molecule has 160 valence electrons. The van der Waals surface area contributed by atoms with Crippen LogP contribution in [0.3, 0.4) is 0 Å². The molecule has 3 rings (SSSR count). The van der Waals surface area contributed by atoms with Crippen molar-refractivity contribution < 1.29 is 22.2 Å². The van der Waals surface area contributed by atoms with Gasteiger partial charge in [0, 0.05) is 19.2 Å². The van der Waals surface area contributed by atoms with Crippen molar-refractivity contribution in [3.63, 3.8) is 0 Å². The summed E-state index contributed by atoms with van der Waals surface area (Å²) in [4.78, 5) is 25.3. The van der Waals surface area contributed by atoms with E-state index in [0.29, 0.717) is 27.0 Å². The third kappa shape index (κ3) is 5.60. The molecule has 0 saturated carbocycles. The number of thioether (sulfide) groups is 1. The van der Waals surface area contributed by atoms with Crippen LogP contribution >= 0.6 is 24.0 Å². The van der Waals surface area contributed by atoms with Crippen molar-refractivity contribution in [3.05, 3.63) is 71.7 Å². The Bertz CT molecular complexity index is 1170. The topological polar surface area (TPSA) is 92.8 Å². The summed E-state index contributed by atoms with van der Waals surface area (Å²) in [6, 6.07) is 11.9. The van der Waals surface area contributed by atoms with E-state index < -0.39 is 10.1 Å². The highest BCUT2D eigenvalue weighted by Crippen LogP contribution is 2.32. The predicted molar refractivity (Wildman–Crippen MR) is 125 cm³/mol. The number of carbonyl (C=O) groups is 2. The Kier molecular flexibility index (Phi) is 6.94. The number of nitrogens with zero attached hydrogens (tertiary/aromatic N) is 1. The first-order valence-corrected chi connectivity index (χ1v) is 11.6. The molecule has 0 spiro atoms. The lowest BCUT2D eigenvalue weighted by atomic mass is 10.2. The number of hydrogen-bond acceptors (Lipinski definition) is 7. The van der Waals surface area contributed by atoms with Crippen LogP contribution in [-0.4, -0.2) is 36.0 Å². The second-order valence-corrected chi connectivity index (χ2v) is 9.62. The molecule has 1 saturated heterocycles. The number of benzene rings is 2. The van der Waals surface area contributed by atoms with Crippen LogP contribution in [0.2, 0.25) is 0 Å². The van der Waals surface area contributed by atoms with Crippen LogP contribution in [0.25, 0.3) is 6.08 Å². The van der Waals surface area contributed by atoms with Gasteiger partial charge in [0.25, 0.3) is 5.91 Å². The second kappa shape index (κ2) is 9.46. The van der Waals surface area contributed by atoms with Crippen molar-refractivity contribution in [1.82, 2.24) is 4.90 Å². The molecule has 2 amide bonds. The van der Waals surface area contributed by atoms with Gasteiger partial charge in [-0.1, -0.05) is 42.2 Å². The molecule has 2 aromatic carbocycles. The van der Waals surface area contributed by atoms with Crippen molar-refractivity contribution in [3.8, 4) is 5.75 Å². The first kappa shape index (κ1) is 22.7.